The van der Waals surface area contributed by atoms with Crippen LogP contribution in [0, 0.1) is 0 Å². The molecule has 0 radical (unpaired) electrons. The van der Waals surface area contributed by atoms with Crippen LogP contribution in [0.4, 0.5) is 0 Å². The van der Waals surface area contributed by atoms with Gasteiger partial charge < -0.3 is 5.32 Å². The van der Waals surface area contributed by atoms with Gasteiger partial charge in [-0.2, -0.15) is 0 Å². The summed E-state index contributed by atoms with van der Waals surface area (Å²) in [5, 5.41) is 5.47. The average Bonchev–Trinajstić information content (AvgIpc) is 2.55. The van der Waals surface area contributed by atoms with Gasteiger partial charge in [-0.1, -0.05) is 12.2 Å². The van der Waals surface area contributed by atoms with Gasteiger partial charge in [-0.3, -0.25) is 0 Å². The van der Waals surface area contributed by atoms with E-state index in [-0.39, 0.29) is 0 Å². The highest BCUT2D eigenvalue weighted by Crippen LogP contribution is 2.30. The molecule has 2 rings (SSSR count). The summed E-state index contributed by atoms with van der Waals surface area (Å²) >= 11 is 5.30. The van der Waals surface area contributed by atoms with E-state index in [0.29, 0.717) is 6.04 Å². The summed E-state index contributed by atoms with van der Waals surface area (Å²) in [4.78, 5) is 1.37. The van der Waals surface area contributed by atoms with Crippen molar-refractivity contribution in [3.63, 3.8) is 0 Å². The molecular weight excluding hydrogens is 222 g/mol. The van der Waals surface area contributed by atoms with Gasteiger partial charge in [-0.15, -0.1) is 11.3 Å². The van der Waals surface area contributed by atoms with Crippen molar-refractivity contribution in [2.24, 2.45) is 0 Å². The van der Waals surface area contributed by atoms with Crippen molar-refractivity contribution in [1.29, 1.82) is 0 Å². The van der Waals surface area contributed by atoms with Crippen molar-refractivity contribution in [2.75, 3.05) is 6.54 Å². The van der Waals surface area contributed by atoms with Gasteiger partial charge in [0.15, 0.2) is 0 Å². The summed E-state index contributed by atoms with van der Waals surface area (Å²) < 4.78 is 1.21. The van der Waals surface area contributed by atoms with Gasteiger partial charge >= 0.3 is 0 Å². The highest BCUT2D eigenvalue weighted by atomic mass is 79.9. The fourth-order valence-corrected chi connectivity index (χ4v) is 2.85. The Bertz CT molecular complexity index is 279. The van der Waals surface area contributed by atoms with Crippen molar-refractivity contribution in [2.45, 2.75) is 6.04 Å². The maximum atomic E-state index is 3.51. The van der Waals surface area contributed by atoms with Crippen molar-refractivity contribution >= 4 is 27.3 Å². The minimum absolute atomic E-state index is 0.435. The molecule has 1 aliphatic heterocycles. The SMILES string of the molecule is Brc1ccsc1C1C=CCN1. The fraction of sp³-hybridized carbons (Fsp3) is 0.250. The molecule has 0 saturated carbocycles. The Morgan fingerprint density at radius 3 is 3.09 bits per heavy atom. The molecule has 1 aliphatic rings. The second-order valence-electron chi connectivity index (χ2n) is 2.45. The predicted octanol–water partition coefficient (Wildman–Crippen LogP) is 2.71. The summed E-state index contributed by atoms with van der Waals surface area (Å²) in [5.74, 6) is 0. The highest BCUT2D eigenvalue weighted by Gasteiger charge is 2.14. The molecule has 0 fully saturated rings. The van der Waals surface area contributed by atoms with E-state index in [9.17, 15) is 0 Å². The molecule has 0 amide bonds. The third-order valence-corrected chi connectivity index (χ3v) is 3.67. The molecule has 1 nitrogen and oxygen atoms in total. The number of thiophene rings is 1. The van der Waals surface area contributed by atoms with Gasteiger partial charge in [-0.05, 0) is 27.4 Å². The van der Waals surface area contributed by atoms with Gasteiger partial charge in [0.05, 0.1) is 6.04 Å². The van der Waals surface area contributed by atoms with Crippen LogP contribution in [0.5, 0.6) is 0 Å². The van der Waals surface area contributed by atoms with Crippen LogP contribution in [-0.4, -0.2) is 6.54 Å². The lowest BCUT2D eigenvalue weighted by atomic mass is 10.2. The Morgan fingerprint density at radius 2 is 2.55 bits per heavy atom. The molecule has 1 aromatic rings. The maximum Gasteiger partial charge on any atom is 0.0615 e. The largest absolute Gasteiger partial charge is 0.303 e. The lowest BCUT2D eigenvalue weighted by Gasteiger charge is -2.06. The highest BCUT2D eigenvalue weighted by molar-refractivity contribution is 9.10. The normalized spacial score (nSPS) is 22.8. The number of rotatable bonds is 1. The molecule has 11 heavy (non-hydrogen) atoms. The van der Waals surface area contributed by atoms with E-state index < -0.39 is 0 Å². The second kappa shape index (κ2) is 3.09. The summed E-state index contributed by atoms with van der Waals surface area (Å²) in [6.07, 6.45) is 4.37. The van der Waals surface area contributed by atoms with E-state index in [1.165, 1.54) is 9.35 Å². The van der Waals surface area contributed by atoms with Gasteiger partial charge in [0.25, 0.3) is 0 Å². The second-order valence-corrected chi connectivity index (χ2v) is 4.25. The van der Waals surface area contributed by atoms with Crippen molar-refractivity contribution in [1.82, 2.24) is 5.32 Å². The van der Waals surface area contributed by atoms with E-state index in [2.05, 4.69) is 44.8 Å². The zero-order chi connectivity index (χ0) is 7.68. The molecule has 0 aromatic carbocycles. The minimum Gasteiger partial charge on any atom is -0.303 e. The van der Waals surface area contributed by atoms with Crippen LogP contribution in [0.2, 0.25) is 0 Å². The first-order valence-electron chi connectivity index (χ1n) is 3.51. The third kappa shape index (κ3) is 1.41. The monoisotopic (exact) mass is 229 g/mol. The van der Waals surface area contributed by atoms with E-state index in [0.717, 1.165) is 6.54 Å². The molecule has 0 aliphatic carbocycles. The molecule has 0 saturated heterocycles. The summed E-state index contributed by atoms with van der Waals surface area (Å²) in [5.41, 5.74) is 0. The first kappa shape index (κ1) is 7.53. The van der Waals surface area contributed by atoms with Crippen molar-refractivity contribution in [3.05, 3.63) is 32.9 Å². The molecule has 1 atom stereocenters. The zero-order valence-electron chi connectivity index (χ0n) is 5.88. The number of hydrogen-bond acceptors (Lipinski definition) is 2. The Balaban J connectivity index is 2.28. The van der Waals surface area contributed by atoms with Crippen LogP contribution in [0.1, 0.15) is 10.9 Å². The molecule has 1 unspecified atom stereocenters. The topological polar surface area (TPSA) is 12.0 Å². The zero-order valence-corrected chi connectivity index (χ0v) is 8.28. The summed E-state index contributed by atoms with van der Waals surface area (Å²) in [7, 11) is 0. The van der Waals surface area contributed by atoms with Crippen LogP contribution in [-0.2, 0) is 0 Å². The summed E-state index contributed by atoms with van der Waals surface area (Å²) in [6, 6.07) is 2.53. The average molecular weight is 230 g/mol. The summed E-state index contributed by atoms with van der Waals surface area (Å²) in [6.45, 7) is 0.995. The van der Waals surface area contributed by atoms with Crippen molar-refractivity contribution in [3.8, 4) is 0 Å². The van der Waals surface area contributed by atoms with E-state index in [4.69, 9.17) is 0 Å². The van der Waals surface area contributed by atoms with E-state index in [1.807, 2.05) is 0 Å². The molecule has 0 bridgehead atoms. The van der Waals surface area contributed by atoms with Gasteiger partial charge in [0.2, 0.25) is 0 Å². The van der Waals surface area contributed by atoms with Gasteiger partial charge in [0.1, 0.15) is 0 Å². The molecule has 58 valence electrons. The number of halogens is 1. The van der Waals surface area contributed by atoms with Crippen LogP contribution >= 0.6 is 27.3 Å². The smallest absolute Gasteiger partial charge is 0.0615 e. The van der Waals surface area contributed by atoms with Gasteiger partial charge in [-0.25, -0.2) is 0 Å². The third-order valence-electron chi connectivity index (χ3n) is 1.71. The van der Waals surface area contributed by atoms with Crippen LogP contribution in [0.15, 0.2) is 28.1 Å². The molecule has 1 N–H and O–H groups in total. The molecular formula is C8H8BrNS. The molecule has 2 heterocycles. The van der Waals surface area contributed by atoms with Crippen LogP contribution < -0.4 is 5.32 Å². The number of hydrogen-bond donors (Lipinski definition) is 1. The van der Waals surface area contributed by atoms with Crippen molar-refractivity contribution < 1.29 is 0 Å². The van der Waals surface area contributed by atoms with Crippen LogP contribution in [0.25, 0.3) is 0 Å². The Labute approximate surface area is 78.3 Å². The molecule has 1 aromatic heterocycles. The minimum atomic E-state index is 0.435. The van der Waals surface area contributed by atoms with Crippen LogP contribution in [0.3, 0.4) is 0 Å². The predicted molar refractivity (Wildman–Crippen MR) is 51.9 cm³/mol. The lowest BCUT2D eigenvalue weighted by molar-refractivity contribution is 0.722. The Hall–Kier alpha value is -0.120. The first-order valence-corrected chi connectivity index (χ1v) is 5.18. The quantitative estimate of drug-likeness (QED) is 0.731. The lowest BCUT2D eigenvalue weighted by Crippen LogP contribution is -2.12. The number of nitrogens with one attached hydrogen (secondary N) is 1. The Morgan fingerprint density at radius 1 is 1.64 bits per heavy atom. The fourth-order valence-electron chi connectivity index (χ4n) is 1.17. The molecule has 0 spiro atoms. The van der Waals surface area contributed by atoms with E-state index >= 15 is 0 Å². The van der Waals surface area contributed by atoms with Gasteiger partial charge in [0, 0.05) is 15.9 Å². The standard InChI is InChI=1S/C8H8BrNS/c9-6-3-5-11-8(6)7-2-1-4-10-7/h1-3,5,7,10H,4H2. The molecule has 3 heteroatoms. The maximum absolute atomic E-state index is 3.51. The Kier molecular flexibility index (Phi) is 2.11. The first-order chi connectivity index (χ1) is 5.38. The van der Waals surface area contributed by atoms with E-state index in [1.54, 1.807) is 11.3 Å².